The Labute approximate surface area is 68.3 Å². The Morgan fingerprint density at radius 2 is 2.18 bits per heavy atom. The summed E-state index contributed by atoms with van der Waals surface area (Å²) in [6, 6.07) is 0.0869. The SMILES string of the molecule is CCC(C)[C@H](N)CNC(C)=O. The molecule has 0 fully saturated rings. The van der Waals surface area contributed by atoms with Gasteiger partial charge in [-0.25, -0.2) is 0 Å². The first kappa shape index (κ1) is 10.4. The highest BCUT2D eigenvalue weighted by Gasteiger charge is 2.09. The first-order valence-corrected chi connectivity index (χ1v) is 4.08. The first-order valence-electron chi connectivity index (χ1n) is 4.08. The van der Waals surface area contributed by atoms with Crippen molar-refractivity contribution in [1.29, 1.82) is 0 Å². The highest BCUT2D eigenvalue weighted by atomic mass is 16.1. The fourth-order valence-corrected chi connectivity index (χ4v) is 0.766. The molecule has 3 N–H and O–H groups in total. The van der Waals surface area contributed by atoms with Gasteiger partial charge >= 0.3 is 0 Å². The maximum atomic E-state index is 10.5. The topological polar surface area (TPSA) is 55.1 Å². The zero-order chi connectivity index (χ0) is 8.85. The van der Waals surface area contributed by atoms with Crippen molar-refractivity contribution in [3.8, 4) is 0 Å². The average Bonchev–Trinajstić information content (AvgIpc) is 1.98. The summed E-state index contributed by atoms with van der Waals surface area (Å²) in [7, 11) is 0. The minimum Gasteiger partial charge on any atom is -0.355 e. The number of carbonyl (C=O) groups excluding carboxylic acids is 1. The third-order valence-electron chi connectivity index (χ3n) is 1.96. The third kappa shape index (κ3) is 4.79. The summed E-state index contributed by atoms with van der Waals surface area (Å²) in [5.41, 5.74) is 5.76. The summed E-state index contributed by atoms with van der Waals surface area (Å²) in [6.07, 6.45) is 1.06. The fourth-order valence-electron chi connectivity index (χ4n) is 0.766. The number of rotatable bonds is 4. The van der Waals surface area contributed by atoms with Crippen molar-refractivity contribution in [1.82, 2.24) is 5.32 Å². The second-order valence-electron chi connectivity index (χ2n) is 2.99. The van der Waals surface area contributed by atoms with Gasteiger partial charge in [-0.1, -0.05) is 20.3 Å². The number of hydrogen-bond donors (Lipinski definition) is 2. The van der Waals surface area contributed by atoms with Gasteiger partial charge in [0.05, 0.1) is 0 Å². The molecule has 1 amide bonds. The molecular formula is C8H18N2O. The van der Waals surface area contributed by atoms with Crippen LogP contribution in [0.3, 0.4) is 0 Å². The molecule has 0 bridgehead atoms. The first-order chi connectivity index (χ1) is 5.07. The van der Waals surface area contributed by atoms with Crippen LogP contribution in [0.5, 0.6) is 0 Å². The minimum absolute atomic E-state index is 0.0104. The van der Waals surface area contributed by atoms with Crippen molar-refractivity contribution in [2.75, 3.05) is 6.54 Å². The molecule has 0 aliphatic carbocycles. The monoisotopic (exact) mass is 158 g/mol. The van der Waals surface area contributed by atoms with Crippen LogP contribution in [0.2, 0.25) is 0 Å². The number of amides is 1. The molecule has 0 saturated heterocycles. The Morgan fingerprint density at radius 3 is 2.55 bits per heavy atom. The predicted octanol–water partition coefficient (Wildman–Crippen LogP) is 0.496. The quantitative estimate of drug-likeness (QED) is 0.626. The van der Waals surface area contributed by atoms with Crippen molar-refractivity contribution in [3.63, 3.8) is 0 Å². The summed E-state index contributed by atoms with van der Waals surface area (Å²) < 4.78 is 0. The molecular weight excluding hydrogens is 140 g/mol. The van der Waals surface area contributed by atoms with E-state index in [1.54, 1.807) is 0 Å². The molecule has 11 heavy (non-hydrogen) atoms. The highest BCUT2D eigenvalue weighted by Crippen LogP contribution is 2.03. The van der Waals surface area contributed by atoms with Gasteiger partial charge in [0, 0.05) is 19.5 Å². The average molecular weight is 158 g/mol. The van der Waals surface area contributed by atoms with Gasteiger partial charge in [-0.05, 0) is 5.92 Å². The van der Waals surface area contributed by atoms with Crippen molar-refractivity contribution in [2.45, 2.75) is 33.2 Å². The van der Waals surface area contributed by atoms with Crippen molar-refractivity contribution < 1.29 is 4.79 Å². The summed E-state index contributed by atoms with van der Waals surface area (Å²) in [4.78, 5) is 10.5. The van der Waals surface area contributed by atoms with E-state index in [1.165, 1.54) is 6.92 Å². The number of nitrogens with one attached hydrogen (secondary N) is 1. The predicted molar refractivity (Wildman–Crippen MR) is 46.1 cm³/mol. The van der Waals surface area contributed by atoms with Gasteiger partial charge in [-0.15, -0.1) is 0 Å². The summed E-state index contributed by atoms with van der Waals surface area (Å²) >= 11 is 0. The van der Waals surface area contributed by atoms with E-state index in [4.69, 9.17) is 5.73 Å². The van der Waals surface area contributed by atoms with Crippen LogP contribution in [-0.4, -0.2) is 18.5 Å². The largest absolute Gasteiger partial charge is 0.355 e. The van der Waals surface area contributed by atoms with E-state index < -0.39 is 0 Å². The normalized spacial score (nSPS) is 15.6. The molecule has 2 atom stereocenters. The summed E-state index contributed by atoms with van der Waals surface area (Å²) in [5, 5.41) is 2.70. The van der Waals surface area contributed by atoms with Crippen LogP contribution in [0, 0.1) is 5.92 Å². The molecule has 0 spiro atoms. The van der Waals surface area contributed by atoms with Crippen LogP contribution in [0.4, 0.5) is 0 Å². The van der Waals surface area contributed by atoms with Crippen molar-refractivity contribution in [3.05, 3.63) is 0 Å². The van der Waals surface area contributed by atoms with E-state index >= 15 is 0 Å². The second-order valence-corrected chi connectivity index (χ2v) is 2.99. The van der Waals surface area contributed by atoms with E-state index in [2.05, 4.69) is 19.2 Å². The van der Waals surface area contributed by atoms with E-state index in [1.807, 2.05) is 0 Å². The molecule has 0 aromatic carbocycles. The van der Waals surface area contributed by atoms with Gasteiger partial charge in [-0.3, -0.25) is 4.79 Å². The van der Waals surface area contributed by atoms with Gasteiger partial charge < -0.3 is 11.1 Å². The van der Waals surface area contributed by atoms with E-state index in [-0.39, 0.29) is 11.9 Å². The van der Waals surface area contributed by atoms with Gasteiger partial charge in [0.2, 0.25) is 5.91 Å². The highest BCUT2D eigenvalue weighted by molar-refractivity contribution is 5.72. The molecule has 0 saturated carbocycles. The number of carbonyl (C=O) groups is 1. The van der Waals surface area contributed by atoms with Crippen LogP contribution in [0.15, 0.2) is 0 Å². The van der Waals surface area contributed by atoms with Gasteiger partial charge in [0.25, 0.3) is 0 Å². The molecule has 0 heterocycles. The number of hydrogen-bond acceptors (Lipinski definition) is 2. The van der Waals surface area contributed by atoms with Crippen LogP contribution >= 0.6 is 0 Å². The molecule has 0 aromatic heterocycles. The lowest BCUT2D eigenvalue weighted by Crippen LogP contribution is -2.40. The van der Waals surface area contributed by atoms with E-state index in [0.717, 1.165) is 6.42 Å². The Kier molecular flexibility index (Phi) is 4.86. The molecule has 0 aliphatic rings. The van der Waals surface area contributed by atoms with Crippen LogP contribution in [0.1, 0.15) is 27.2 Å². The van der Waals surface area contributed by atoms with E-state index in [0.29, 0.717) is 12.5 Å². The van der Waals surface area contributed by atoms with Gasteiger partial charge in [0.15, 0.2) is 0 Å². The second kappa shape index (κ2) is 5.13. The summed E-state index contributed by atoms with van der Waals surface area (Å²) in [6.45, 7) is 6.28. The zero-order valence-corrected chi connectivity index (χ0v) is 7.55. The Balaban J connectivity index is 3.51. The minimum atomic E-state index is -0.0104. The van der Waals surface area contributed by atoms with Crippen LogP contribution in [0.25, 0.3) is 0 Å². The molecule has 3 nitrogen and oxygen atoms in total. The molecule has 0 aliphatic heterocycles. The maximum absolute atomic E-state index is 10.5. The lowest BCUT2D eigenvalue weighted by molar-refractivity contribution is -0.119. The van der Waals surface area contributed by atoms with Crippen LogP contribution in [-0.2, 0) is 4.79 Å². The lowest BCUT2D eigenvalue weighted by Gasteiger charge is -2.17. The molecule has 66 valence electrons. The Morgan fingerprint density at radius 1 is 1.64 bits per heavy atom. The smallest absolute Gasteiger partial charge is 0.216 e. The van der Waals surface area contributed by atoms with E-state index in [9.17, 15) is 4.79 Å². The molecule has 0 radical (unpaired) electrons. The van der Waals surface area contributed by atoms with Crippen molar-refractivity contribution >= 4 is 5.91 Å². The standard InChI is InChI=1S/C8H18N2O/c1-4-6(2)8(9)5-10-7(3)11/h6,8H,4-5,9H2,1-3H3,(H,10,11)/t6?,8-/m1/s1. The molecule has 0 aromatic rings. The molecule has 3 heteroatoms. The Bertz CT molecular complexity index is 125. The molecule has 1 unspecified atom stereocenters. The van der Waals surface area contributed by atoms with Crippen molar-refractivity contribution in [2.24, 2.45) is 11.7 Å². The van der Waals surface area contributed by atoms with Gasteiger partial charge in [-0.2, -0.15) is 0 Å². The summed E-state index contributed by atoms with van der Waals surface area (Å²) in [5.74, 6) is 0.464. The maximum Gasteiger partial charge on any atom is 0.216 e. The van der Waals surface area contributed by atoms with Gasteiger partial charge in [0.1, 0.15) is 0 Å². The van der Waals surface area contributed by atoms with Crippen LogP contribution < -0.4 is 11.1 Å². The molecule has 0 rings (SSSR count). The lowest BCUT2D eigenvalue weighted by atomic mass is 10.0. The fraction of sp³-hybridized carbons (Fsp3) is 0.875. The Hall–Kier alpha value is -0.570. The number of nitrogens with two attached hydrogens (primary N) is 1. The zero-order valence-electron chi connectivity index (χ0n) is 7.55. The third-order valence-corrected chi connectivity index (χ3v) is 1.96.